The van der Waals surface area contributed by atoms with Gasteiger partial charge in [0.25, 0.3) is 0 Å². The number of nitrogens with one attached hydrogen (secondary N) is 2. The monoisotopic (exact) mass is 391 g/mol. The molecule has 0 radical (unpaired) electrons. The van der Waals surface area contributed by atoms with E-state index in [1.54, 1.807) is 6.33 Å². The molecule has 0 bridgehead atoms. The maximum Gasteiger partial charge on any atom is 0.245 e. The van der Waals surface area contributed by atoms with Gasteiger partial charge in [-0.2, -0.15) is 9.97 Å². The predicted octanol–water partition coefficient (Wildman–Crippen LogP) is 2.92. The third-order valence-corrected chi connectivity index (χ3v) is 4.17. The van der Waals surface area contributed by atoms with Gasteiger partial charge in [-0.3, -0.25) is 0 Å². The minimum atomic E-state index is -0.0199. The summed E-state index contributed by atoms with van der Waals surface area (Å²) in [6, 6.07) is 17.8. The van der Waals surface area contributed by atoms with E-state index in [4.69, 9.17) is 14.6 Å². The lowest BCUT2D eigenvalue weighted by Crippen LogP contribution is -2.10. The van der Waals surface area contributed by atoms with E-state index >= 15 is 0 Å². The summed E-state index contributed by atoms with van der Waals surface area (Å²) < 4.78 is 11.8. The highest BCUT2D eigenvalue weighted by atomic mass is 16.5. The van der Waals surface area contributed by atoms with Crippen LogP contribution in [-0.4, -0.2) is 38.2 Å². The van der Waals surface area contributed by atoms with Crippen LogP contribution in [0.5, 0.6) is 11.6 Å². The van der Waals surface area contributed by atoms with E-state index in [-0.39, 0.29) is 6.61 Å². The van der Waals surface area contributed by atoms with Gasteiger partial charge >= 0.3 is 0 Å². The number of rotatable bonds is 9. The third kappa shape index (κ3) is 4.80. The fraction of sp³-hybridized carbons (Fsp3) is 0.190. The standard InChI is InChI=1S/C21H21N5O3/c27-10-9-22-21-25-19-18(23-14-24-19)20(26-21)29-13-16-7-4-8-17(11-16)28-12-15-5-2-1-3-6-15/h1-8,11,14,27H,9-10,12-13H2,(H2,22,23,24,25,26). The van der Waals surface area contributed by atoms with Crippen molar-refractivity contribution < 1.29 is 14.6 Å². The molecule has 0 saturated heterocycles. The predicted molar refractivity (Wildman–Crippen MR) is 109 cm³/mol. The SMILES string of the molecule is OCCNc1nc(OCc2cccc(OCc3ccccc3)c2)c2[nH]cnc2n1. The highest BCUT2D eigenvalue weighted by molar-refractivity contribution is 5.76. The van der Waals surface area contributed by atoms with Crippen molar-refractivity contribution in [3.05, 3.63) is 72.1 Å². The molecule has 2 heterocycles. The van der Waals surface area contributed by atoms with Gasteiger partial charge < -0.3 is 24.9 Å². The van der Waals surface area contributed by atoms with Gasteiger partial charge in [0.05, 0.1) is 12.9 Å². The number of nitrogens with zero attached hydrogens (tertiary/aromatic N) is 3. The van der Waals surface area contributed by atoms with Crippen molar-refractivity contribution in [3.8, 4) is 11.6 Å². The molecule has 29 heavy (non-hydrogen) atoms. The summed E-state index contributed by atoms with van der Waals surface area (Å²) in [4.78, 5) is 15.8. The number of aromatic amines is 1. The minimum Gasteiger partial charge on any atom is -0.489 e. The molecule has 0 amide bonds. The van der Waals surface area contributed by atoms with Crippen molar-refractivity contribution >= 4 is 17.1 Å². The number of anilines is 1. The highest BCUT2D eigenvalue weighted by Gasteiger charge is 2.11. The summed E-state index contributed by atoms with van der Waals surface area (Å²) in [6.45, 7) is 1.14. The zero-order chi connectivity index (χ0) is 19.9. The van der Waals surface area contributed by atoms with E-state index in [0.29, 0.717) is 42.8 Å². The smallest absolute Gasteiger partial charge is 0.245 e. The van der Waals surface area contributed by atoms with Gasteiger partial charge in [0, 0.05) is 6.54 Å². The average molecular weight is 391 g/mol. The Morgan fingerprint density at radius 2 is 1.76 bits per heavy atom. The zero-order valence-electron chi connectivity index (χ0n) is 15.7. The molecule has 8 nitrogen and oxygen atoms in total. The maximum absolute atomic E-state index is 8.98. The summed E-state index contributed by atoms with van der Waals surface area (Å²) in [5, 5.41) is 11.9. The van der Waals surface area contributed by atoms with E-state index in [1.165, 1.54) is 0 Å². The lowest BCUT2D eigenvalue weighted by atomic mass is 10.2. The number of benzene rings is 2. The molecule has 4 rings (SSSR count). The molecule has 3 N–H and O–H groups in total. The van der Waals surface area contributed by atoms with Crippen LogP contribution >= 0.6 is 0 Å². The van der Waals surface area contributed by atoms with Crippen LogP contribution in [-0.2, 0) is 13.2 Å². The third-order valence-electron chi connectivity index (χ3n) is 4.17. The molecule has 0 fully saturated rings. The van der Waals surface area contributed by atoms with Crippen LogP contribution in [0.15, 0.2) is 60.9 Å². The molecule has 2 aromatic carbocycles. The Labute approximate surface area is 167 Å². The van der Waals surface area contributed by atoms with Crippen molar-refractivity contribution in [1.29, 1.82) is 0 Å². The van der Waals surface area contributed by atoms with Crippen LogP contribution in [0.1, 0.15) is 11.1 Å². The fourth-order valence-electron chi connectivity index (χ4n) is 2.78. The van der Waals surface area contributed by atoms with E-state index in [9.17, 15) is 0 Å². The van der Waals surface area contributed by atoms with E-state index in [0.717, 1.165) is 16.9 Å². The second kappa shape index (κ2) is 9.03. The number of hydrogen-bond donors (Lipinski definition) is 3. The molecule has 0 atom stereocenters. The van der Waals surface area contributed by atoms with Crippen molar-refractivity contribution in [2.45, 2.75) is 13.2 Å². The molecule has 148 valence electrons. The Bertz CT molecular complexity index is 1070. The molecular weight excluding hydrogens is 370 g/mol. The van der Waals surface area contributed by atoms with E-state index < -0.39 is 0 Å². The van der Waals surface area contributed by atoms with Crippen LogP contribution in [0.3, 0.4) is 0 Å². The van der Waals surface area contributed by atoms with Crippen molar-refractivity contribution in [2.75, 3.05) is 18.5 Å². The number of H-pyrrole nitrogens is 1. The summed E-state index contributed by atoms with van der Waals surface area (Å²) in [5.41, 5.74) is 3.18. The van der Waals surface area contributed by atoms with Crippen LogP contribution in [0.2, 0.25) is 0 Å². The first-order valence-electron chi connectivity index (χ1n) is 9.26. The maximum atomic E-state index is 8.98. The summed E-state index contributed by atoms with van der Waals surface area (Å²) in [7, 11) is 0. The minimum absolute atomic E-state index is 0.0199. The quantitative estimate of drug-likeness (QED) is 0.403. The molecule has 0 aliphatic carbocycles. The summed E-state index contributed by atoms with van der Waals surface area (Å²) in [5.74, 6) is 1.52. The first-order valence-corrected chi connectivity index (χ1v) is 9.26. The molecule has 8 heteroatoms. The fourth-order valence-corrected chi connectivity index (χ4v) is 2.78. The molecule has 0 saturated carbocycles. The number of ether oxygens (including phenoxy) is 2. The molecule has 0 aliphatic rings. The van der Waals surface area contributed by atoms with Crippen LogP contribution in [0.25, 0.3) is 11.2 Å². The number of imidazole rings is 1. The second-order valence-corrected chi connectivity index (χ2v) is 6.31. The number of aliphatic hydroxyl groups is 1. The molecular formula is C21H21N5O3. The lowest BCUT2D eigenvalue weighted by molar-refractivity contribution is 0.290. The average Bonchev–Trinajstić information content (AvgIpc) is 3.24. The molecule has 2 aromatic heterocycles. The van der Waals surface area contributed by atoms with Gasteiger partial charge in [-0.15, -0.1) is 0 Å². The second-order valence-electron chi connectivity index (χ2n) is 6.31. The number of hydrogen-bond acceptors (Lipinski definition) is 7. The van der Waals surface area contributed by atoms with Gasteiger partial charge in [0.2, 0.25) is 11.8 Å². The number of aliphatic hydroxyl groups excluding tert-OH is 1. The van der Waals surface area contributed by atoms with Crippen LogP contribution in [0.4, 0.5) is 5.95 Å². The number of fused-ring (bicyclic) bond motifs is 1. The van der Waals surface area contributed by atoms with E-state index in [2.05, 4.69) is 25.3 Å². The molecule has 0 aliphatic heterocycles. The largest absolute Gasteiger partial charge is 0.489 e. The van der Waals surface area contributed by atoms with Crippen LogP contribution < -0.4 is 14.8 Å². The van der Waals surface area contributed by atoms with Crippen molar-refractivity contribution in [2.24, 2.45) is 0 Å². The Balaban J connectivity index is 1.44. The summed E-state index contributed by atoms with van der Waals surface area (Å²) in [6.07, 6.45) is 1.54. The number of aromatic nitrogens is 4. The molecule has 0 unspecified atom stereocenters. The van der Waals surface area contributed by atoms with Gasteiger partial charge in [-0.25, -0.2) is 4.98 Å². The first kappa shape index (κ1) is 18.7. The topological polar surface area (TPSA) is 105 Å². The van der Waals surface area contributed by atoms with E-state index in [1.807, 2.05) is 54.6 Å². The van der Waals surface area contributed by atoms with Gasteiger partial charge in [0.15, 0.2) is 5.65 Å². The van der Waals surface area contributed by atoms with Gasteiger partial charge in [-0.05, 0) is 23.3 Å². The van der Waals surface area contributed by atoms with Crippen LogP contribution in [0, 0.1) is 0 Å². The van der Waals surface area contributed by atoms with Gasteiger partial charge in [0.1, 0.15) is 24.5 Å². The highest BCUT2D eigenvalue weighted by Crippen LogP contribution is 2.23. The molecule has 4 aromatic rings. The normalized spacial score (nSPS) is 10.8. The zero-order valence-corrected chi connectivity index (χ0v) is 15.7. The van der Waals surface area contributed by atoms with Crippen molar-refractivity contribution in [3.63, 3.8) is 0 Å². The van der Waals surface area contributed by atoms with Crippen molar-refractivity contribution in [1.82, 2.24) is 19.9 Å². The Hall–Kier alpha value is -3.65. The lowest BCUT2D eigenvalue weighted by Gasteiger charge is -2.10. The van der Waals surface area contributed by atoms with Gasteiger partial charge in [-0.1, -0.05) is 42.5 Å². The Morgan fingerprint density at radius 1 is 0.931 bits per heavy atom. The Morgan fingerprint density at radius 3 is 2.62 bits per heavy atom. The Kier molecular flexibility index (Phi) is 5.82. The first-order chi connectivity index (χ1) is 14.3. The molecule has 0 spiro atoms. The summed E-state index contributed by atoms with van der Waals surface area (Å²) >= 11 is 0.